The number of aromatic nitrogens is 6. The van der Waals surface area contributed by atoms with Crippen LogP contribution in [0.3, 0.4) is 0 Å². The lowest BCUT2D eigenvalue weighted by atomic mass is 10.0. The van der Waals surface area contributed by atoms with E-state index in [0.29, 0.717) is 5.92 Å². The van der Waals surface area contributed by atoms with Crippen molar-refractivity contribution < 1.29 is 0 Å². The lowest BCUT2D eigenvalue weighted by Crippen LogP contribution is -1.90. The summed E-state index contributed by atoms with van der Waals surface area (Å²) < 4.78 is 0. The summed E-state index contributed by atoms with van der Waals surface area (Å²) in [5.74, 6) is 0.584. The first-order valence-corrected chi connectivity index (χ1v) is 7.68. The Morgan fingerprint density at radius 2 is 1.96 bits per heavy atom. The van der Waals surface area contributed by atoms with Crippen LogP contribution in [0.5, 0.6) is 0 Å². The molecule has 0 amide bonds. The summed E-state index contributed by atoms with van der Waals surface area (Å²) in [5, 5.41) is 8.78. The summed E-state index contributed by atoms with van der Waals surface area (Å²) in [6.45, 7) is 0. The van der Waals surface area contributed by atoms with Gasteiger partial charge in [-0.1, -0.05) is 0 Å². The second-order valence-corrected chi connectivity index (χ2v) is 5.87. The van der Waals surface area contributed by atoms with E-state index in [2.05, 4.69) is 31.2 Å². The predicted octanol–water partition coefficient (Wildman–Crippen LogP) is 3.29. The standard InChI is InChI=1S/C17H14N6/c1-2-11(1)16-15-12(10-3-5-18-6-4-10)7-13(14-8-19-9-20-14)21-17(15)23-22-16/h3-9,11H,1-2H2,(H,19,20)(H,21,22,23). The summed E-state index contributed by atoms with van der Waals surface area (Å²) >= 11 is 0. The molecule has 1 fully saturated rings. The molecule has 1 aliphatic carbocycles. The fraction of sp³-hybridized carbons (Fsp3) is 0.176. The van der Waals surface area contributed by atoms with Crippen molar-refractivity contribution in [2.75, 3.05) is 0 Å². The van der Waals surface area contributed by atoms with E-state index in [1.165, 1.54) is 18.5 Å². The number of hydrogen-bond donors (Lipinski definition) is 2. The van der Waals surface area contributed by atoms with Crippen molar-refractivity contribution in [1.82, 2.24) is 30.1 Å². The highest BCUT2D eigenvalue weighted by Crippen LogP contribution is 2.44. The van der Waals surface area contributed by atoms with Crippen molar-refractivity contribution in [3.63, 3.8) is 0 Å². The van der Waals surface area contributed by atoms with Crippen LogP contribution in [0.15, 0.2) is 43.1 Å². The number of imidazole rings is 1. The molecule has 0 spiro atoms. The monoisotopic (exact) mass is 302 g/mol. The normalized spacial score (nSPS) is 14.4. The van der Waals surface area contributed by atoms with E-state index in [0.717, 1.165) is 33.5 Å². The van der Waals surface area contributed by atoms with Crippen LogP contribution >= 0.6 is 0 Å². The molecule has 4 aromatic rings. The Labute approximate surface area is 132 Å². The SMILES string of the molecule is c1cc(-c2cc(-c3cnc[nH]3)nc3n[nH]c(C4CC4)c23)ccn1. The highest BCUT2D eigenvalue weighted by atomic mass is 15.2. The second kappa shape index (κ2) is 4.74. The Hall–Kier alpha value is -3.02. The number of hydrogen-bond acceptors (Lipinski definition) is 4. The van der Waals surface area contributed by atoms with Crippen molar-refractivity contribution in [3.05, 3.63) is 48.8 Å². The van der Waals surface area contributed by atoms with Crippen LogP contribution in [-0.2, 0) is 0 Å². The van der Waals surface area contributed by atoms with Crippen molar-refractivity contribution >= 4 is 11.0 Å². The van der Waals surface area contributed by atoms with Crippen LogP contribution in [0.25, 0.3) is 33.5 Å². The van der Waals surface area contributed by atoms with Crippen LogP contribution < -0.4 is 0 Å². The molecule has 23 heavy (non-hydrogen) atoms. The molecular weight excluding hydrogens is 288 g/mol. The van der Waals surface area contributed by atoms with Crippen molar-refractivity contribution in [3.8, 4) is 22.5 Å². The molecule has 1 aliphatic rings. The molecule has 4 heterocycles. The van der Waals surface area contributed by atoms with Crippen LogP contribution in [0.1, 0.15) is 24.5 Å². The Bertz CT molecular complexity index is 967. The molecular formula is C17H14N6. The zero-order valence-corrected chi connectivity index (χ0v) is 12.3. The predicted molar refractivity (Wildman–Crippen MR) is 86.7 cm³/mol. The average Bonchev–Trinajstić information content (AvgIpc) is 3.13. The third kappa shape index (κ3) is 2.03. The van der Waals surface area contributed by atoms with E-state index in [1.54, 1.807) is 12.5 Å². The summed E-state index contributed by atoms with van der Waals surface area (Å²) in [6.07, 6.45) is 9.50. The number of pyridine rings is 2. The molecule has 0 aliphatic heterocycles. The van der Waals surface area contributed by atoms with Gasteiger partial charge in [0, 0.05) is 24.0 Å². The van der Waals surface area contributed by atoms with Gasteiger partial charge in [-0.05, 0) is 42.2 Å². The van der Waals surface area contributed by atoms with Gasteiger partial charge < -0.3 is 4.98 Å². The summed E-state index contributed by atoms with van der Waals surface area (Å²) in [6, 6.07) is 6.15. The van der Waals surface area contributed by atoms with Gasteiger partial charge in [0.05, 0.1) is 29.3 Å². The fourth-order valence-corrected chi connectivity index (χ4v) is 3.01. The maximum absolute atomic E-state index is 4.71. The number of rotatable bonds is 3. The Morgan fingerprint density at radius 1 is 1.09 bits per heavy atom. The summed E-state index contributed by atoms with van der Waals surface area (Å²) in [4.78, 5) is 16.0. The zero-order chi connectivity index (χ0) is 15.2. The second-order valence-electron chi connectivity index (χ2n) is 5.87. The average molecular weight is 302 g/mol. The molecule has 112 valence electrons. The number of nitrogens with one attached hydrogen (secondary N) is 2. The van der Waals surface area contributed by atoms with E-state index in [4.69, 9.17) is 4.98 Å². The molecule has 2 N–H and O–H groups in total. The molecule has 1 saturated carbocycles. The number of aromatic amines is 2. The Balaban J connectivity index is 1.82. The van der Waals surface area contributed by atoms with Gasteiger partial charge in [-0.3, -0.25) is 10.1 Å². The number of nitrogens with zero attached hydrogens (tertiary/aromatic N) is 4. The van der Waals surface area contributed by atoms with Gasteiger partial charge in [0.15, 0.2) is 5.65 Å². The maximum atomic E-state index is 4.71. The summed E-state index contributed by atoms with van der Waals surface area (Å²) in [5.41, 5.74) is 5.95. The minimum atomic E-state index is 0.584. The molecule has 4 aromatic heterocycles. The topological polar surface area (TPSA) is 83.1 Å². The largest absolute Gasteiger partial charge is 0.343 e. The van der Waals surface area contributed by atoms with Crippen molar-refractivity contribution in [2.24, 2.45) is 0 Å². The Morgan fingerprint density at radius 3 is 2.70 bits per heavy atom. The molecule has 0 radical (unpaired) electrons. The molecule has 0 unspecified atom stereocenters. The lowest BCUT2D eigenvalue weighted by molar-refractivity contribution is 0.974. The first-order chi connectivity index (χ1) is 11.4. The third-order valence-electron chi connectivity index (χ3n) is 4.30. The van der Waals surface area contributed by atoms with Gasteiger partial charge >= 0.3 is 0 Å². The van der Waals surface area contributed by atoms with Crippen LogP contribution in [0.4, 0.5) is 0 Å². The maximum Gasteiger partial charge on any atom is 0.182 e. The minimum Gasteiger partial charge on any atom is -0.343 e. The first-order valence-electron chi connectivity index (χ1n) is 7.68. The summed E-state index contributed by atoms with van der Waals surface area (Å²) in [7, 11) is 0. The molecule has 5 rings (SSSR count). The van der Waals surface area contributed by atoms with Gasteiger partial charge in [-0.25, -0.2) is 9.97 Å². The van der Waals surface area contributed by atoms with Crippen LogP contribution in [0.2, 0.25) is 0 Å². The zero-order valence-electron chi connectivity index (χ0n) is 12.3. The number of fused-ring (bicyclic) bond motifs is 1. The molecule has 0 saturated heterocycles. The van der Waals surface area contributed by atoms with Crippen LogP contribution in [-0.4, -0.2) is 30.1 Å². The fourth-order valence-electron chi connectivity index (χ4n) is 3.01. The van der Waals surface area contributed by atoms with Crippen molar-refractivity contribution in [2.45, 2.75) is 18.8 Å². The van der Waals surface area contributed by atoms with Gasteiger partial charge in [-0.15, -0.1) is 0 Å². The van der Waals surface area contributed by atoms with Crippen LogP contribution in [0, 0.1) is 0 Å². The van der Waals surface area contributed by atoms with E-state index >= 15 is 0 Å². The smallest absolute Gasteiger partial charge is 0.182 e. The molecule has 0 aromatic carbocycles. The lowest BCUT2D eigenvalue weighted by Gasteiger charge is -2.07. The molecule has 6 nitrogen and oxygen atoms in total. The van der Waals surface area contributed by atoms with E-state index in [-0.39, 0.29) is 0 Å². The van der Waals surface area contributed by atoms with Gasteiger partial charge in [-0.2, -0.15) is 5.10 Å². The van der Waals surface area contributed by atoms with Gasteiger partial charge in [0.2, 0.25) is 0 Å². The highest BCUT2D eigenvalue weighted by Gasteiger charge is 2.29. The first kappa shape index (κ1) is 12.5. The van der Waals surface area contributed by atoms with E-state index < -0.39 is 0 Å². The Kier molecular flexibility index (Phi) is 2.58. The minimum absolute atomic E-state index is 0.584. The third-order valence-corrected chi connectivity index (χ3v) is 4.30. The molecule has 6 heteroatoms. The van der Waals surface area contributed by atoms with Gasteiger partial charge in [0.25, 0.3) is 0 Å². The molecule has 0 atom stereocenters. The number of H-pyrrole nitrogens is 2. The van der Waals surface area contributed by atoms with Gasteiger partial charge in [0.1, 0.15) is 0 Å². The van der Waals surface area contributed by atoms with E-state index in [1.807, 2.05) is 24.5 Å². The van der Waals surface area contributed by atoms with Crippen molar-refractivity contribution in [1.29, 1.82) is 0 Å². The highest BCUT2D eigenvalue weighted by molar-refractivity contribution is 5.97. The quantitative estimate of drug-likeness (QED) is 0.608. The molecule has 0 bridgehead atoms. The van der Waals surface area contributed by atoms with E-state index in [9.17, 15) is 0 Å².